The van der Waals surface area contributed by atoms with E-state index in [9.17, 15) is 0 Å². The number of hydrogen-bond acceptors (Lipinski definition) is 1. The van der Waals surface area contributed by atoms with Crippen molar-refractivity contribution < 1.29 is 0 Å². The van der Waals surface area contributed by atoms with Crippen molar-refractivity contribution >= 4 is 38.6 Å². The van der Waals surface area contributed by atoms with Crippen molar-refractivity contribution in [2.24, 2.45) is 0 Å². The van der Waals surface area contributed by atoms with E-state index < -0.39 is 0 Å². The molecule has 0 saturated carbocycles. The second-order valence-electron chi connectivity index (χ2n) is 15.1. The summed E-state index contributed by atoms with van der Waals surface area (Å²) in [5.41, 5.74) is 13.5. The molecule has 8 aromatic rings. The van der Waals surface area contributed by atoms with Gasteiger partial charge in [-0.25, -0.2) is 0 Å². The number of nitrogens with zero attached hydrogens (tertiary/aromatic N) is 1. The Hall–Kier alpha value is -5.92. The molecule has 0 N–H and O–H groups in total. The van der Waals surface area contributed by atoms with Crippen molar-refractivity contribution in [3.8, 4) is 33.4 Å². The van der Waals surface area contributed by atoms with Crippen molar-refractivity contribution in [3.63, 3.8) is 0 Å². The Bertz CT molecular complexity index is 2580. The van der Waals surface area contributed by atoms with Crippen LogP contribution in [0, 0.1) is 0 Å². The second kappa shape index (κ2) is 11.9. The molecule has 0 aliphatic heterocycles. The largest absolute Gasteiger partial charge is 0.310 e. The fourth-order valence-corrected chi connectivity index (χ4v) is 8.28. The summed E-state index contributed by atoms with van der Waals surface area (Å²) in [5.74, 6) is 0. The molecule has 1 nitrogen and oxygen atoms in total. The van der Waals surface area contributed by atoms with Crippen LogP contribution >= 0.6 is 0 Å². The van der Waals surface area contributed by atoms with Gasteiger partial charge in [0.2, 0.25) is 0 Å². The van der Waals surface area contributed by atoms with Gasteiger partial charge >= 0.3 is 0 Å². The first kappa shape index (κ1) is 31.1. The third-order valence-electron chi connectivity index (χ3n) is 11.7. The summed E-state index contributed by atoms with van der Waals surface area (Å²) in [7, 11) is 0. The normalized spacial score (nSPS) is 14.2. The highest BCUT2D eigenvalue weighted by molar-refractivity contribution is 6.14. The SMILES string of the molecule is CC1(C)c2cccc3ccc4cc(-c5cccc(N(c6ccccc6)c6cccc(-c7cccc(-c8ccccc8)c7)c6)c5)cc(c4c23)C1(C)C. The van der Waals surface area contributed by atoms with Crippen LogP contribution in [-0.4, -0.2) is 0 Å². The van der Waals surface area contributed by atoms with Crippen molar-refractivity contribution in [2.75, 3.05) is 4.90 Å². The monoisotopic (exact) mass is 655 g/mol. The molecular weight excluding hydrogens is 615 g/mol. The van der Waals surface area contributed by atoms with Crippen LogP contribution in [0.15, 0.2) is 176 Å². The minimum Gasteiger partial charge on any atom is -0.310 e. The van der Waals surface area contributed by atoms with Gasteiger partial charge in [0.1, 0.15) is 0 Å². The van der Waals surface area contributed by atoms with Gasteiger partial charge in [0.25, 0.3) is 0 Å². The Morgan fingerprint density at radius 1 is 0.314 bits per heavy atom. The van der Waals surface area contributed by atoms with E-state index in [1.54, 1.807) is 0 Å². The van der Waals surface area contributed by atoms with Gasteiger partial charge in [-0.15, -0.1) is 0 Å². The molecule has 0 amide bonds. The topological polar surface area (TPSA) is 3.24 Å². The van der Waals surface area contributed by atoms with Crippen LogP contribution in [0.1, 0.15) is 38.8 Å². The number of anilines is 3. The van der Waals surface area contributed by atoms with Gasteiger partial charge in [0.05, 0.1) is 0 Å². The molecule has 246 valence electrons. The summed E-state index contributed by atoms with van der Waals surface area (Å²) >= 11 is 0. The molecule has 0 fully saturated rings. The Morgan fingerprint density at radius 3 is 1.47 bits per heavy atom. The van der Waals surface area contributed by atoms with Gasteiger partial charge in [0, 0.05) is 17.1 Å². The molecule has 1 heteroatoms. The predicted molar refractivity (Wildman–Crippen MR) is 218 cm³/mol. The summed E-state index contributed by atoms with van der Waals surface area (Å²) in [4.78, 5) is 2.38. The molecule has 0 spiro atoms. The average molecular weight is 656 g/mol. The standard InChI is InChI=1S/C50H41N/c1-49(2)45-26-14-17-35-27-28-40-30-41(33-46(50(49,3)4)48(40)47(35)45)39-21-13-25-44(32-39)51(42-22-9-6-10-23-42)43-24-12-20-38(31-43)37-19-11-18-36(29-37)34-15-7-5-8-16-34/h5-33H,1-4H3. The number of rotatable bonds is 6. The molecule has 0 saturated heterocycles. The van der Waals surface area contributed by atoms with E-state index in [0.717, 1.165) is 17.1 Å². The van der Waals surface area contributed by atoms with Crippen molar-refractivity contribution in [1.82, 2.24) is 0 Å². The molecule has 9 rings (SSSR count). The molecule has 0 radical (unpaired) electrons. The lowest BCUT2D eigenvalue weighted by Crippen LogP contribution is -2.42. The van der Waals surface area contributed by atoms with E-state index in [2.05, 4.69) is 209 Å². The maximum atomic E-state index is 2.48. The van der Waals surface area contributed by atoms with Crippen LogP contribution in [0.3, 0.4) is 0 Å². The van der Waals surface area contributed by atoms with Gasteiger partial charge in [-0.05, 0) is 131 Å². The molecule has 0 bridgehead atoms. The summed E-state index contributed by atoms with van der Waals surface area (Å²) < 4.78 is 0. The van der Waals surface area contributed by atoms with Gasteiger partial charge < -0.3 is 4.90 Å². The number of benzene rings is 8. The summed E-state index contributed by atoms with van der Waals surface area (Å²) in [6.45, 7) is 9.69. The second-order valence-corrected chi connectivity index (χ2v) is 15.1. The van der Waals surface area contributed by atoms with E-state index >= 15 is 0 Å². The minimum absolute atomic E-state index is 0.0238. The zero-order valence-corrected chi connectivity index (χ0v) is 29.7. The highest BCUT2D eigenvalue weighted by Crippen LogP contribution is 2.54. The van der Waals surface area contributed by atoms with Crippen LogP contribution in [0.4, 0.5) is 17.1 Å². The zero-order valence-electron chi connectivity index (χ0n) is 29.7. The lowest BCUT2D eigenvalue weighted by molar-refractivity contribution is 0.304. The lowest BCUT2D eigenvalue weighted by atomic mass is 9.56. The first-order valence-corrected chi connectivity index (χ1v) is 18.0. The quantitative estimate of drug-likeness (QED) is 0.161. The van der Waals surface area contributed by atoms with Crippen LogP contribution in [0.2, 0.25) is 0 Å². The Morgan fingerprint density at radius 2 is 0.784 bits per heavy atom. The van der Waals surface area contributed by atoms with Gasteiger partial charge in [0.15, 0.2) is 0 Å². The van der Waals surface area contributed by atoms with Gasteiger partial charge in [-0.2, -0.15) is 0 Å². The van der Waals surface area contributed by atoms with Crippen LogP contribution < -0.4 is 4.90 Å². The predicted octanol–water partition coefficient (Wildman–Crippen LogP) is 14.0. The molecule has 0 atom stereocenters. The third kappa shape index (κ3) is 5.07. The first-order chi connectivity index (χ1) is 24.8. The maximum Gasteiger partial charge on any atom is 0.0467 e. The summed E-state index contributed by atoms with van der Waals surface area (Å²) in [5, 5.41) is 5.46. The highest BCUT2D eigenvalue weighted by atomic mass is 15.1. The molecule has 1 aliphatic rings. The van der Waals surface area contributed by atoms with E-state index in [0.29, 0.717) is 0 Å². The van der Waals surface area contributed by atoms with Gasteiger partial charge in [-0.3, -0.25) is 0 Å². The fraction of sp³-hybridized carbons (Fsp3) is 0.120. The van der Waals surface area contributed by atoms with Crippen molar-refractivity contribution in [3.05, 3.63) is 187 Å². The number of hydrogen-bond donors (Lipinski definition) is 0. The third-order valence-corrected chi connectivity index (χ3v) is 11.7. The molecule has 51 heavy (non-hydrogen) atoms. The van der Waals surface area contributed by atoms with Crippen LogP contribution in [-0.2, 0) is 10.8 Å². The molecule has 0 aromatic heterocycles. The minimum atomic E-state index is -0.0597. The highest BCUT2D eigenvalue weighted by Gasteiger charge is 2.45. The first-order valence-electron chi connectivity index (χ1n) is 18.0. The fourth-order valence-electron chi connectivity index (χ4n) is 8.28. The Kier molecular flexibility index (Phi) is 7.22. The van der Waals surface area contributed by atoms with E-state index in [-0.39, 0.29) is 10.8 Å². The zero-order chi connectivity index (χ0) is 34.7. The Labute approximate surface area is 301 Å². The van der Waals surface area contributed by atoms with E-state index in [1.807, 2.05) is 0 Å². The molecule has 8 aromatic carbocycles. The van der Waals surface area contributed by atoms with E-state index in [1.165, 1.54) is 66.1 Å². The molecule has 0 heterocycles. The average Bonchev–Trinajstić information content (AvgIpc) is 3.17. The smallest absolute Gasteiger partial charge is 0.0467 e. The van der Waals surface area contributed by atoms with Crippen LogP contribution in [0.5, 0.6) is 0 Å². The molecule has 0 unspecified atom stereocenters. The van der Waals surface area contributed by atoms with Crippen LogP contribution in [0.25, 0.3) is 54.9 Å². The van der Waals surface area contributed by atoms with E-state index in [4.69, 9.17) is 0 Å². The molecular formula is C50H41N. The van der Waals surface area contributed by atoms with Crippen molar-refractivity contribution in [1.29, 1.82) is 0 Å². The summed E-state index contributed by atoms with van der Waals surface area (Å²) in [6, 6.07) is 64.5. The number of para-hydroxylation sites is 1. The lowest BCUT2D eigenvalue weighted by Gasteiger charge is -2.47. The Balaban J connectivity index is 1.18. The van der Waals surface area contributed by atoms with Crippen molar-refractivity contribution in [2.45, 2.75) is 38.5 Å². The summed E-state index contributed by atoms with van der Waals surface area (Å²) in [6.07, 6.45) is 0. The maximum absolute atomic E-state index is 2.48. The molecule has 1 aliphatic carbocycles. The van der Waals surface area contributed by atoms with Gasteiger partial charge in [-0.1, -0.05) is 149 Å².